The molecule has 1 N–H and O–H groups in total. The molecule has 3 rings (SSSR count). The zero-order valence-electron chi connectivity index (χ0n) is 19.4. The topological polar surface area (TPSA) is 77.1 Å². The Morgan fingerprint density at radius 1 is 1.12 bits per heavy atom. The van der Waals surface area contributed by atoms with Crippen LogP contribution >= 0.6 is 0 Å². The van der Waals surface area contributed by atoms with Crippen molar-refractivity contribution in [2.75, 3.05) is 23.9 Å². The predicted octanol–water partition coefficient (Wildman–Crippen LogP) is 5.18. The van der Waals surface area contributed by atoms with E-state index in [1.165, 1.54) is 4.90 Å². The molecule has 172 valence electrons. The minimum Gasteiger partial charge on any atom is -0.493 e. The van der Waals surface area contributed by atoms with Gasteiger partial charge < -0.3 is 19.5 Å². The van der Waals surface area contributed by atoms with Crippen molar-refractivity contribution in [1.82, 2.24) is 0 Å². The van der Waals surface area contributed by atoms with Crippen LogP contribution in [-0.2, 0) is 16.0 Å². The zero-order valence-corrected chi connectivity index (χ0v) is 19.4. The number of nitrogens with zero attached hydrogens (tertiary/aromatic N) is 1. The summed E-state index contributed by atoms with van der Waals surface area (Å²) in [6.45, 7) is 8.07. The number of carbonyl (C=O) groups excluding carboxylic acids is 2. The monoisotopic (exact) mass is 440 g/mol. The highest BCUT2D eigenvalue weighted by atomic mass is 16.6. The molecule has 1 heterocycles. The molecule has 2 aromatic rings. The third kappa shape index (κ3) is 5.52. The minimum atomic E-state index is -0.714. The maximum absolute atomic E-state index is 13.3. The Kier molecular flexibility index (Phi) is 7.28. The number of para-hydroxylation sites is 1. The number of methoxy groups -OCH3 is 1. The molecule has 0 radical (unpaired) electrons. The number of ether oxygens (including phenoxy) is 3. The van der Waals surface area contributed by atoms with E-state index in [-0.39, 0.29) is 5.91 Å². The second-order valence-corrected chi connectivity index (χ2v) is 8.76. The zero-order chi connectivity index (χ0) is 23.3. The molecule has 1 aliphatic heterocycles. The van der Waals surface area contributed by atoms with Gasteiger partial charge >= 0.3 is 6.09 Å². The lowest BCUT2D eigenvalue weighted by Gasteiger charge is -2.28. The summed E-state index contributed by atoms with van der Waals surface area (Å²) in [7, 11) is 1.58. The van der Waals surface area contributed by atoms with E-state index in [0.29, 0.717) is 35.9 Å². The van der Waals surface area contributed by atoms with Crippen LogP contribution < -0.4 is 19.7 Å². The quantitative estimate of drug-likeness (QED) is 0.601. The molecule has 2 amide bonds. The maximum atomic E-state index is 13.3. The molecular formula is C25H32N2O5. The van der Waals surface area contributed by atoms with Crippen molar-refractivity contribution >= 4 is 23.4 Å². The van der Waals surface area contributed by atoms with E-state index < -0.39 is 17.7 Å². The minimum absolute atomic E-state index is 0.295. The number of hydrogen-bond donors (Lipinski definition) is 1. The predicted molar refractivity (Wildman–Crippen MR) is 125 cm³/mol. The number of anilines is 2. The lowest BCUT2D eigenvalue weighted by molar-refractivity contribution is -0.117. The average molecular weight is 441 g/mol. The van der Waals surface area contributed by atoms with Crippen molar-refractivity contribution in [2.24, 2.45) is 0 Å². The summed E-state index contributed by atoms with van der Waals surface area (Å²) < 4.78 is 16.8. The molecule has 0 aliphatic carbocycles. The molecule has 1 aliphatic rings. The van der Waals surface area contributed by atoms with E-state index in [1.807, 2.05) is 24.3 Å². The Morgan fingerprint density at radius 3 is 2.56 bits per heavy atom. The number of amides is 2. The molecule has 0 bridgehead atoms. The molecule has 7 heteroatoms. The fourth-order valence-corrected chi connectivity index (χ4v) is 3.55. The third-order valence-corrected chi connectivity index (χ3v) is 5.06. The van der Waals surface area contributed by atoms with Crippen molar-refractivity contribution in [3.8, 4) is 11.5 Å². The van der Waals surface area contributed by atoms with Gasteiger partial charge in [0, 0.05) is 18.2 Å². The fourth-order valence-electron chi connectivity index (χ4n) is 3.55. The molecule has 0 spiro atoms. The van der Waals surface area contributed by atoms with Gasteiger partial charge in [-0.05, 0) is 51.0 Å². The second-order valence-electron chi connectivity index (χ2n) is 8.76. The van der Waals surface area contributed by atoms with Crippen LogP contribution in [0.4, 0.5) is 16.2 Å². The number of rotatable bonds is 7. The summed E-state index contributed by atoms with van der Waals surface area (Å²) in [5.74, 6) is 0.872. The molecule has 0 aromatic heterocycles. The van der Waals surface area contributed by atoms with Crippen molar-refractivity contribution < 1.29 is 23.8 Å². The van der Waals surface area contributed by atoms with Gasteiger partial charge in [-0.2, -0.15) is 0 Å². The van der Waals surface area contributed by atoms with Gasteiger partial charge in [0.15, 0.2) is 11.5 Å². The normalized spacial score (nSPS) is 15.2. The largest absolute Gasteiger partial charge is 0.493 e. The number of fused-ring (bicyclic) bond motifs is 1. The van der Waals surface area contributed by atoms with Crippen LogP contribution in [0.1, 0.15) is 46.1 Å². The van der Waals surface area contributed by atoms with Gasteiger partial charge in [0.25, 0.3) is 0 Å². The van der Waals surface area contributed by atoms with Crippen molar-refractivity contribution in [2.45, 2.75) is 58.6 Å². The third-order valence-electron chi connectivity index (χ3n) is 5.06. The number of benzene rings is 2. The maximum Gasteiger partial charge on any atom is 0.415 e. The highest BCUT2D eigenvalue weighted by Gasteiger charge is 2.40. The first-order valence-electron chi connectivity index (χ1n) is 11.0. The van der Waals surface area contributed by atoms with Crippen LogP contribution in [0.2, 0.25) is 0 Å². The summed E-state index contributed by atoms with van der Waals surface area (Å²) in [4.78, 5) is 27.7. The van der Waals surface area contributed by atoms with Crippen molar-refractivity contribution in [3.05, 3.63) is 48.0 Å². The van der Waals surface area contributed by atoms with Crippen LogP contribution in [0, 0.1) is 0 Å². The number of carbonyl (C=O) groups is 2. The standard InChI is InChI=1S/C25H32N2O5/c1-6-7-14-31-22-16-18(12-13-21(22)30-5)26-23(28)20-15-17-10-8-9-11-19(17)27(20)24(29)32-25(2,3)4/h8-13,16,20H,6-7,14-15H2,1-5H3,(H,26,28)/t20-/m0/s1. The van der Waals surface area contributed by atoms with Gasteiger partial charge in [-0.1, -0.05) is 31.5 Å². The molecular weight excluding hydrogens is 408 g/mol. The Morgan fingerprint density at radius 2 is 1.88 bits per heavy atom. The lowest BCUT2D eigenvalue weighted by atomic mass is 10.1. The van der Waals surface area contributed by atoms with E-state index in [1.54, 1.807) is 46.1 Å². The lowest BCUT2D eigenvalue weighted by Crippen LogP contribution is -2.47. The van der Waals surface area contributed by atoms with E-state index in [0.717, 1.165) is 18.4 Å². The fraction of sp³-hybridized carbons (Fsp3) is 0.440. The van der Waals surface area contributed by atoms with Crippen molar-refractivity contribution in [3.63, 3.8) is 0 Å². The van der Waals surface area contributed by atoms with Gasteiger partial charge in [0.1, 0.15) is 11.6 Å². The van der Waals surface area contributed by atoms with Gasteiger partial charge in [0.05, 0.1) is 19.4 Å². The highest BCUT2D eigenvalue weighted by Crippen LogP contribution is 2.35. The summed E-state index contributed by atoms with van der Waals surface area (Å²) >= 11 is 0. The van der Waals surface area contributed by atoms with E-state index >= 15 is 0 Å². The number of unbranched alkanes of at least 4 members (excludes halogenated alkanes) is 1. The van der Waals surface area contributed by atoms with E-state index in [2.05, 4.69) is 12.2 Å². The van der Waals surface area contributed by atoms with E-state index in [4.69, 9.17) is 14.2 Å². The first-order valence-corrected chi connectivity index (χ1v) is 11.0. The summed E-state index contributed by atoms with van der Waals surface area (Å²) in [5.41, 5.74) is 1.52. The summed E-state index contributed by atoms with van der Waals surface area (Å²) in [6.07, 6.45) is 1.81. The summed E-state index contributed by atoms with van der Waals surface area (Å²) in [6, 6.07) is 12.0. The number of nitrogens with one attached hydrogen (secondary N) is 1. The molecule has 2 aromatic carbocycles. The Labute approximate surface area is 189 Å². The Hall–Kier alpha value is -3.22. The highest BCUT2D eigenvalue weighted by molar-refractivity contribution is 6.05. The van der Waals surface area contributed by atoms with Gasteiger partial charge in [0.2, 0.25) is 5.91 Å². The first-order chi connectivity index (χ1) is 15.2. The number of hydrogen-bond acceptors (Lipinski definition) is 5. The Balaban J connectivity index is 1.81. The molecule has 32 heavy (non-hydrogen) atoms. The smallest absolute Gasteiger partial charge is 0.415 e. The molecule has 7 nitrogen and oxygen atoms in total. The van der Waals surface area contributed by atoms with Crippen LogP contribution in [0.15, 0.2) is 42.5 Å². The first kappa shape index (κ1) is 23.4. The molecule has 0 unspecified atom stereocenters. The van der Waals surface area contributed by atoms with Crippen LogP contribution in [0.5, 0.6) is 11.5 Å². The molecule has 0 saturated carbocycles. The van der Waals surface area contributed by atoms with Crippen LogP contribution in [0.3, 0.4) is 0 Å². The molecule has 0 fully saturated rings. The van der Waals surface area contributed by atoms with Crippen molar-refractivity contribution in [1.29, 1.82) is 0 Å². The Bertz CT molecular complexity index is 967. The van der Waals surface area contributed by atoms with Crippen LogP contribution in [0.25, 0.3) is 0 Å². The SMILES string of the molecule is CCCCOc1cc(NC(=O)[C@@H]2Cc3ccccc3N2C(=O)OC(C)(C)C)ccc1OC. The summed E-state index contributed by atoms with van der Waals surface area (Å²) in [5, 5.41) is 2.92. The molecule has 1 atom stereocenters. The van der Waals surface area contributed by atoms with Gasteiger partial charge in [-0.25, -0.2) is 4.79 Å². The average Bonchev–Trinajstić information content (AvgIpc) is 3.13. The van der Waals surface area contributed by atoms with Gasteiger partial charge in [-0.15, -0.1) is 0 Å². The van der Waals surface area contributed by atoms with Gasteiger partial charge in [-0.3, -0.25) is 9.69 Å². The van der Waals surface area contributed by atoms with E-state index in [9.17, 15) is 9.59 Å². The second kappa shape index (κ2) is 9.94. The molecule has 0 saturated heterocycles. The van der Waals surface area contributed by atoms with Crippen LogP contribution in [-0.4, -0.2) is 37.4 Å².